The predicted molar refractivity (Wildman–Crippen MR) is 69.9 cm³/mol. The van der Waals surface area contributed by atoms with Crippen molar-refractivity contribution in [3.05, 3.63) is 28.8 Å². The second kappa shape index (κ2) is 6.62. The molecule has 0 saturated heterocycles. The highest BCUT2D eigenvalue weighted by molar-refractivity contribution is 6.31. The number of carbonyl (C=O) groups excluding carboxylic acids is 1. The lowest BCUT2D eigenvalue weighted by molar-refractivity contribution is -0.117. The van der Waals surface area contributed by atoms with E-state index in [4.69, 9.17) is 16.3 Å². The van der Waals surface area contributed by atoms with Gasteiger partial charge in [0, 0.05) is 11.6 Å². The van der Waals surface area contributed by atoms with E-state index in [2.05, 4.69) is 0 Å². The summed E-state index contributed by atoms with van der Waals surface area (Å²) in [5.41, 5.74) is 1.07. The quantitative estimate of drug-likeness (QED) is 0.782. The number of hydrogen-bond acceptors (Lipinski definition) is 3. The Morgan fingerprint density at radius 1 is 1.47 bits per heavy atom. The van der Waals surface area contributed by atoms with Gasteiger partial charge in [0.25, 0.3) is 0 Å². The summed E-state index contributed by atoms with van der Waals surface area (Å²) in [7, 11) is 3.55. The Hall–Kier alpha value is -1.06. The van der Waals surface area contributed by atoms with Crippen molar-refractivity contribution < 1.29 is 9.53 Å². The number of halogens is 1. The molecule has 0 heterocycles. The lowest BCUT2D eigenvalue weighted by Crippen LogP contribution is -2.26. The molecule has 0 atom stereocenters. The topological polar surface area (TPSA) is 29.5 Å². The van der Waals surface area contributed by atoms with E-state index < -0.39 is 0 Å². The number of Topliss-reactive ketones (excluding diaryl/α,β-unsaturated/α-hetero) is 1. The van der Waals surface area contributed by atoms with Crippen molar-refractivity contribution in [1.29, 1.82) is 0 Å². The van der Waals surface area contributed by atoms with E-state index in [9.17, 15) is 4.79 Å². The lowest BCUT2D eigenvalue weighted by atomic mass is 10.1. The summed E-state index contributed by atoms with van der Waals surface area (Å²) in [6.45, 7) is 2.89. The Morgan fingerprint density at radius 3 is 2.71 bits per heavy atom. The highest BCUT2D eigenvalue weighted by Crippen LogP contribution is 2.22. The molecule has 94 valence electrons. The van der Waals surface area contributed by atoms with Crippen LogP contribution in [-0.2, 0) is 11.2 Å². The zero-order valence-electron chi connectivity index (χ0n) is 10.5. The standard InChI is InChI=1S/C13H18ClNO2/c1-10(16)9-15(2)7-6-11-4-5-12(17-3)8-13(11)14/h4-5,8H,6-7,9H2,1-3H3. The van der Waals surface area contributed by atoms with Gasteiger partial charge in [0.2, 0.25) is 0 Å². The van der Waals surface area contributed by atoms with Gasteiger partial charge >= 0.3 is 0 Å². The second-order valence-corrected chi connectivity index (χ2v) is 4.55. The van der Waals surface area contributed by atoms with Crippen molar-refractivity contribution >= 4 is 17.4 Å². The maximum Gasteiger partial charge on any atom is 0.143 e. The Kier molecular flexibility index (Phi) is 5.45. The van der Waals surface area contributed by atoms with E-state index in [1.54, 1.807) is 14.0 Å². The van der Waals surface area contributed by atoms with E-state index >= 15 is 0 Å². The molecule has 3 nitrogen and oxygen atoms in total. The fourth-order valence-corrected chi connectivity index (χ4v) is 1.89. The van der Waals surface area contributed by atoms with Crippen LogP contribution in [-0.4, -0.2) is 37.9 Å². The molecule has 0 unspecified atom stereocenters. The molecule has 4 heteroatoms. The average Bonchev–Trinajstić information content (AvgIpc) is 2.26. The Morgan fingerprint density at radius 2 is 2.18 bits per heavy atom. The second-order valence-electron chi connectivity index (χ2n) is 4.15. The van der Waals surface area contributed by atoms with Crippen LogP contribution < -0.4 is 4.74 Å². The molecule has 0 aliphatic heterocycles. The lowest BCUT2D eigenvalue weighted by Gasteiger charge is -2.15. The Balaban J connectivity index is 2.54. The predicted octanol–water partition coefficient (Wildman–Crippen LogP) is 2.41. The molecule has 1 aromatic carbocycles. The highest BCUT2D eigenvalue weighted by Gasteiger charge is 2.05. The first-order chi connectivity index (χ1) is 8.02. The molecule has 0 amide bonds. The van der Waals surface area contributed by atoms with Gasteiger partial charge in [0.05, 0.1) is 13.7 Å². The summed E-state index contributed by atoms with van der Waals surface area (Å²) in [6, 6.07) is 5.66. The fourth-order valence-electron chi connectivity index (χ4n) is 1.63. The fraction of sp³-hybridized carbons (Fsp3) is 0.462. The minimum atomic E-state index is 0.174. The van der Waals surface area contributed by atoms with E-state index in [0.29, 0.717) is 11.6 Å². The van der Waals surface area contributed by atoms with Crippen LogP contribution in [0, 0.1) is 0 Å². The summed E-state index contributed by atoms with van der Waals surface area (Å²) < 4.78 is 5.09. The third kappa shape index (κ3) is 4.75. The van der Waals surface area contributed by atoms with Crippen LogP contribution in [0.15, 0.2) is 18.2 Å². The molecule has 0 saturated carbocycles. The van der Waals surface area contributed by atoms with Crippen LogP contribution in [0.2, 0.25) is 5.02 Å². The van der Waals surface area contributed by atoms with Crippen LogP contribution in [0.4, 0.5) is 0 Å². The molecule has 0 N–H and O–H groups in total. The largest absolute Gasteiger partial charge is 0.497 e. The first kappa shape index (κ1) is 14.0. The molecule has 1 aromatic rings. The summed E-state index contributed by atoms with van der Waals surface area (Å²) in [5.74, 6) is 0.934. The zero-order valence-corrected chi connectivity index (χ0v) is 11.3. The van der Waals surface area contributed by atoms with Crippen molar-refractivity contribution in [3.8, 4) is 5.75 Å². The zero-order chi connectivity index (χ0) is 12.8. The number of carbonyl (C=O) groups is 1. The van der Waals surface area contributed by atoms with Crippen molar-refractivity contribution in [2.75, 3.05) is 27.2 Å². The molecular formula is C13H18ClNO2. The molecule has 0 radical (unpaired) electrons. The van der Waals surface area contributed by atoms with Gasteiger partial charge in [-0.05, 0) is 38.1 Å². The van der Waals surface area contributed by atoms with E-state index in [1.165, 1.54) is 0 Å². The van der Waals surface area contributed by atoms with Crippen molar-refractivity contribution in [1.82, 2.24) is 4.90 Å². The van der Waals surface area contributed by atoms with Gasteiger partial charge in [-0.1, -0.05) is 17.7 Å². The van der Waals surface area contributed by atoms with Crippen molar-refractivity contribution in [2.24, 2.45) is 0 Å². The van der Waals surface area contributed by atoms with Gasteiger partial charge in [-0.2, -0.15) is 0 Å². The Labute approximate surface area is 107 Å². The first-order valence-electron chi connectivity index (χ1n) is 5.53. The summed E-state index contributed by atoms with van der Waals surface area (Å²) in [5, 5.41) is 0.709. The van der Waals surface area contributed by atoms with Gasteiger partial charge in [-0.3, -0.25) is 9.69 Å². The van der Waals surface area contributed by atoms with E-state index in [1.807, 2.05) is 30.1 Å². The van der Waals surface area contributed by atoms with Crippen LogP contribution in [0.25, 0.3) is 0 Å². The van der Waals surface area contributed by atoms with Gasteiger partial charge in [-0.25, -0.2) is 0 Å². The molecule has 0 spiro atoms. The summed E-state index contributed by atoms with van der Waals surface area (Å²) in [4.78, 5) is 12.9. The van der Waals surface area contributed by atoms with Crippen molar-refractivity contribution in [2.45, 2.75) is 13.3 Å². The number of benzene rings is 1. The average molecular weight is 256 g/mol. The third-order valence-electron chi connectivity index (χ3n) is 2.52. The SMILES string of the molecule is COc1ccc(CCN(C)CC(C)=O)c(Cl)c1. The van der Waals surface area contributed by atoms with Gasteiger partial charge < -0.3 is 4.74 Å². The molecule has 0 aliphatic carbocycles. The van der Waals surface area contributed by atoms with Crippen LogP contribution >= 0.6 is 11.6 Å². The number of nitrogens with zero attached hydrogens (tertiary/aromatic N) is 1. The van der Waals surface area contributed by atoms with Gasteiger partial charge in [0.1, 0.15) is 11.5 Å². The van der Waals surface area contributed by atoms with Crippen LogP contribution in [0.1, 0.15) is 12.5 Å². The molecule has 17 heavy (non-hydrogen) atoms. The van der Waals surface area contributed by atoms with Crippen LogP contribution in [0.3, 0.4) is 0 Å². The first-order valence-corrected chi connectivity index (χ1v) is 5.91. The minimum absolute atomic E-state index is 0.174. The minimum Gasteiger partial charge on any atom is -0.497 e. The number of methoxy groups -OCH3 is 1. The molecule has 0 fully saturated rings. The third-order valence-corrected chi connectivity index (χ3v) is 2.87. The maximum absolute atomic E-state index is 10.9. The highest BCUT2D eigenvalue weighted by atomic mass is 35.5. The summed E-state index contributed by atoms with van der Waals surface area (Å²) >= 11 is 6.13. The van der Waals surface area contributed by atoms with Gasteiger partial charge in [0.15, 0.2) is 0 Å². The normalized spacial score (nSPS) is 10.6. The Bertz CT molecular complexity index is 393. The molecular weight excluding hydrogens is 238 g/mol. The van der Waals surface area contributed by atoms with E-state index in [0.717, 1.165) is 24.3 Å². The van der Waals surface area contributed by atoms with Gasteiger partial charge in [-0.15, -0.1) is 0 Å². The molecule has 0 bridgehead atoms. The molecule has 0 aliphatic rings. The number of rotatable bonds is 6. The maximum atomic E-state index is 10.9. The van der Waals surface area contributed by atoms with Crippen molar-refractivity contribution in [3.63, 3.8) is 0 Å². The molecule has 1 rings (SSSR count). The smallest absolute Gasteiger partial charge is 0.143 e. The number of likely N-dealkylation sites (N-methyl/N-ethyl adjacent to an activating group) is 1. The number of ether oxygens (including phenoxy) is 1. The monoisotopic (exact) mass is 255 g/mol. The summed E-state index contributed by atoms with van der Waals surface area (Å²) in [6.07, 6.45) is 0.826. The van der Waals surface area contributed by atoms with Crippen LogP contribution in [0.5, 0.6) is 5.75 Å². The number of hydrogen-bond donors (Lipinski definition) is 0. The molecule has 0 aromatic heterocycles. The number of ketones is 1. The van der Waals surface area contributed by atoms with E-state index in [-0.39, 0.29) is 5.78 Å².